The Labute approximate surface area is 121 Å². The Balaban J connectivity index is 2.66. The zero-order valence-corrected chi connectivity index (χ0v) is 11.4. The third-order valence-corrected chi connectivity index (χ3v) is 3.02. The van der Waals surface area contributed by atoms with Gasteiger partial charge < -0.3 is 10.0 Å². The molecule has 0 saturated carbocycles. The maximum Gasteiger partial charge on any atom is 0.455 e. The van der Waals surface area contributed by atoms with E-state index < -0.39 is 39.8 Å². The van der Waals surface area contributed by atoms with Crippen LogP contribution in [0.1, 0.15) is 10.4 Å². The van der Waals surface area contributed by atoms with Crippen molar-refractivity contribution in [2.45, 2.75) is 6.18 Å². The number of halogens is 3. The molecule has 0 aliphatic carbocycles. The zero-order valence-electron chi connectivity index (χ0n) is 11.4. The molecule has 2 rings (SSSR count). The smallest absolute Gasteiger partial charge is 0.455 e. The second kappa shape index (κ2) is 4.93. The molecule has 116 valence electrons. The summed E-state index contributed by atoms with van der Waals surface area (Å²) in [5, 5.41) is 11.3. The van der Waals surface area contributed by atoms with Gasteiger partial charge in [0.15, 0.2) is 12.4 Å². The van der Waals surface area contributed by atoms with E-state index in [4.69, 9.17) is 0 Å². The lowest BCUT2D eigenvalue weighted by molar-refractivity contribution is -0.602. The van der Waals surface area contributed by atoms with Crippen LogP contribution >= 0.6 is 0 Å². The molecule has 0 aliphatic rings. The minimum absolute atomic E-state index is 0.0373. The molecule has 6 nitrogen and oxygen atoms in total. The summed E-state index contributed by atoms with van der Waals surface area (Å²) < 4.78 is 38.7. The van der Waals surface area contributed by atoms with Gasteiger partial charge in [-0.3, -0.25) is 14.4 Å². The lowest BCUT2D eigenvalue weighted by atomic mass is 10.1. The Morgan fingerprint density at radius 3 is 2.27 bits per heavy atom. The minimum Gasteiger partial charge on any atom is -0.865 e. The Kier molecular flexibility index (Phi) is 3.52. The Morgan fingerprint density at radius 1 is 1.23 bits per heavy atom. The van der Waals surface area contributed by atoms with E-state index in [9.17, 15) is 32.7 Å². The first kappa shape index (κ1) is 15.7. The first-order valence-electron chi connectivity index (χ1n) is 5.90. The first-order chi connectivity index (χ1) is 10.1. The van der Waals surface area contributed by atoms with Crippen LogP contribution in [0.3, 0.4) is 0 Å². The summed E-state index contributed by atoms with van der Waals surface area (Å²) in [6.07, 6.45) is -3.25. The quantitative estimate of drug-likeness (QED) is 0.431. The fraction of sp³-hybridized carbons (Fsp3) is 0.231. The van der Waals surface area contributed by atoms with Crippen molar-refractivity contribution in [3.05, 3.63) is 44.5 Å². The number of alkyl halides is 3. The van der Waals surface area contributed by atoms with Crippen molar-refractivity contribution < 1.29 is 27.6 Å². The van der Waals surface area contributed by atoms with E-state index in [1.165, 1.54) is 19.0 Å². The second-order valence-electron chi connectivity index (χ2n) is 4.71. The molecule has 22 heavy (non-hydrogen) atoms. The minimum atomic E-state index is -5.11. The van der Waals surface area contributed by atoms with E-state index in [0.717, 1.165) is 23.0 Å². The van der Waals surface area contributed by atoms with E-state index in [0.29, 0.717) is 0 Å². The van der Waals surface area contributed by atoms with Gasteiger partial charge in [0.25, 0.3) is 16.9 Å². The van der Waals surface area contributed by atoms with Crippen molar-refractivity contribution in [1.82, 2.24) is 0 Å². The van der Waals surface area contributed by atoms with Crippen LogP contribution in [0, 0.1) is 0 Å². The van der Waals surface area contributed by atoms with Crippen LogP contribution in [0.4, 0.5) is 18.9 Å². The van der Waals surface area contributed by atoms with Crippen LogP contribution < -0.4 is 25.4 Å². The molecule has 0 N–H and O–H groups in total. The largest absolute Gasteiger partial charge is 0.865 e. The molecule has 1 aromatic carbocycles. The van der Waals surface area contributed by atoms with Gasteiger partial charge in [-0.1, -0.05) is 0 Å². The molecule has 0 fully saturated rings. The van der Waals surface area contributed by atoms with Crippen molar-refractivity contribution in [2.24, 2.45) is 0 Å². The molecule has 0 bridgehead atoms. The molecule has 0 atom stereocenters. The maximum absolute atomic E-state index is 12.7. The van der Waals surface area contributed by atoms with Gasteiger partial charge in [0.2, 0.25) is 5.43 Å². The maximum atomic E-state index is 12.7. The van der Waals surface area contributed by atoms with Gasteiger partial charge in [-0.25, -0.2) is 0 Å². The summed E-state index contributed by atoms with van der Waals surface area (Å²) in [5.74, 6) is -3.21. The van der Waals surface area contributed by atoms with Crippen LogP contribution in [-0.4, -0.2) is 26.1 Å². The Bertz CT molecular complexity index is 833. The summed E-state index contributed by atoms with van der Waals surface area (Å²) in [7, 11) is 2.87. The number of carbonyl (C=O) groups is 1. The average molecular weight is 314 g/mol. The molecule has 0 saturated heterocycles. The number of hydrogen-bond donors (Lipinski definition) is 0. The third-order valence-electron chi connectivity index (χ3n) is 3.02. The van der Waals surface area contributed by atoms with Gasteiger partial charge in [0.1, 0.15) is 5.56 Å². The van der Waals surface area contributed by atoms with Crippen molar-refractivity contribution in [1.29, 1.82) is 0 Å². The van der Waals surface area contributed by atoms with E-state index in [1.807, 2.05) is 0 Å². The molecule has 2 aromatic rings. The number of nitrogens with zero attached hydrogens (tertiary/aromatic N) is 2. The molecule has 1 heterocycles. The molecule has 0 spiro atoms. The zero-order chi connectivity index (χ0) is 16.8. The lowest BCUT2D eigenvalue weighted by Crippen LogP contribution is -2.49. The van der Waals surface area contributed by atoms with Gasteiger partial charge in [0.05, 0.1) is 5.69 Å². The molecule has 0 amide bonds. The summed E-state index contributed by atoms with van der Waals surface area (Å²) >= 11 is 0. The van der Waals surface area contributed by atoms with Crippen LogP contribution in [0.2, 0.25) is 0 Å². The summed E-state index contributed by atoms with van der Waals surface area (Å²) in [6.45, 7) is 0. The first-order valence-corrected chi connectivity index (χ1v) is 5.90. The van der Waals surface area contributed by atoms with Crippen LogP contribution in [0.15, 0.2) is 28.0 Å². The Morgan fingerprint density at radius 2 is 1.82 bits per heavy atom. The standard InChI is InChI=1S/C13H9F3N2O4/c1-17(2)7-3-4-18(8-9(19)11(21)10(8)20)5-6(7)12(22)13(14,15)16/h3-5H,1-2H3. The van der Waals surface area contributed by atoms with Crippen LogP contribution in [0.5, 0.6) is 5.75 Å². The van der Waals surface area contributed by atoms with Crippen molar-refractivity contribution in [3.63, 3.8) is 0 Å². The number of carbonyl (C=O) groups excluding carboxylic acids is 1. The summed E-state index contributed by atoms with van der Waals surface area (Å²) in [4.78, 5) is 35.0. The highest BCUT2D eigenvalue weighted by Gasteiger charge is 2.42. The van der Waals surface area contributed by atoms with E-state index in [1.54, 1.807) is 0 Å². The molecule has 1 aromatic heterocycles. The highest BCUT2D eigenvalue weighted by molar-refractivity contribution is 6.04. The molecule has 9 heteroatoms. The normalized spacial score (nSPS) is 11.7. The number of hydrogen-bond acceptors (Lipinski definition) is 5. The van der Waals surface area contributed by atoms with Crippen LogP contribution in [0.25, 0.3) is 5.69 Å². The number of aromatic nitrogens is 1. The predicted molar refractivity (Wildman–Crippen MR) is 67.0 cm³/mol. The van der Waals surface area contributed by atoms with Crippen molar-refractivity contribution in [3.8, 4) is 11.4 Å². The van der Waals surface area contributed by atoms with Gasteiger partial charge in [-0.05, 0) is 0 Å². The van der Waals surface area contributed by atoms with E-state index >= 15 is 0 Å². The number of Topliss-reactive ketones (excluding diaryl/α,β-unsaturated/α-hetero) is 1. The Hall–Kier alpha value is -2.71. The molecule has 0 aliphatic heterocycles. The topological polar surface area (TPSA) is 81.4 Å². The number of rotatable bonds is 3. The van der Waals surface area contributed by atoms with Crippen molar-refractivity contribution >= 4 is 11.5 Å². The average Bonchev–Trinajstić information content (AvgIpc) is 2.44. The van der Waals surface area contributed by atoms with Gasteiger partial charge in [-0.2, -0.15) is 17.7 Å². The molecule has 0 unspecified atom stereocenters. The second-order valence-corrected chi connectivity index (χ2v) is 4.71. The summed E-state index contributed by atoms with van der Waals surface area (Å²) in [5.41, 5.74) is -3.68. The predicted octanol–water partition coefficient (Wildman–Crippen LogP) is -0.556. The van der Waals surface area contributed by atoms with Gasteiger partial charge in [-0.15, -0.1) is 0 Å². The van der Waals surface area contributed by atoms with Gasteiger partial charge in [0, 0.05) is 25.9 Å². The highest BCUT2D eigenvalue weighted by atomic mass is 19.4. The van der Waals surface area contributed by atoms with Crippen LogP contribution in [-0.2, 0) is 0 Å². The number of ketones is 1. The number of anilines is 1. The van der Waals surface area contributed by atoms with Gasteiger partial charge >= 0.3 is 6.18 Å². The fourth-order valence-corrected chi connectivity index (χ4v) is 1.94. The molecular weight excluding hydrogens is 305 g/mol. The monoisotopic (exact) mass is 314 g/mol. The highest BCUT2D eigenvalue weighted by Crippen LogP contribution is 2.26. The molecular formula is C13H9F3N2O4. The SMILES string of the molecule is CN(C)c1cc[n+](-c2c([O-])c(=O)c2=O)cc1C(=O)C(F)(F)F. The lowest BCUT2D eigenvalue weighted by Gasteiger charge is -2.17. The van der Waals surface area contributed by atoms with E-state index in [2.05, 4.69) is 0 Å². The molecule has 0 radical (unpaired) electrons. The third kappa shape index (κ3) is 2.34. The number of pyridine rings is 1. The van der Waals surface area contributed by atoms with Crippen molar-refractivity contribution in [2.75, 3.05) is 19.0 Å². The fourth-order valence-electron chi connectivity index (χ4n) is 1.94. The van der Waals surface area contributed by atoms with E-state index in [-0.39, 0.29) is 5.69 Å². The summed E-state index contributed by atoms with van der Waals surface area (Å²) in [6, 6.07) is 1.15.